The second kappa shape index (κ2) is 11.5. The lowest BCUT2D eigenvalue weighted by Crippen LogP contribution is -2.25. The van der Waals surface area contributed by atoms with Crippen LogP contribution in [0.25, 0.3) is 11.1 Å². The van der Waals surface area contributed by atoms with Crippen LogP contribution in [0.1, 0.15) is 87.0 Å². The Morgan fingerprint density at radius 2 is 1.25 bits per heavy atom. The highest BCUT2D eigenvalue weighted by atomic mass is 16.5. The van der Waals surface area contributed by atoms with Crippen LogP contribution >= 0.6 is 0 Å². The summed E-state index contributed by atoms with van der Waals surface area (Å²) in [4.78, 5) is 11.9. The van der Waals surface area contributed by atoms with Gasteiger partial charge in [-0.25, -0.2) is 0 Å². The summed E-state index contributed by atoms with van der Waals surface area (Å²) < 4.78 is 11.2. The molecular formula is C29H42O3. The van der Waals surface area contributed by atoms with Crippen LogP contribution in [0.2, 0.25) is 0 Å². The topological polar surface area (TPSA) is 35.5 Å². The Hall–Kier alpha value is -2.29. The number of ether oxygens (including phenoxy) is 2. The first-order valence-electron chi connectivity index (χ1n) is 12.1. The van der Waals surface area contributed by atoms with Crippen LogP contribution < -0.4 is 9.47 Å². The van der Waals surface area contributed by atoms with E-state index in [2.05, 4.69) is 6.92 Å². The van der Waals surface area contributed by atoms with Crippen molar-refractivity contribution < 1.29 is 14.3 Å². The molecule has 0 radical (unpaired) electrons. The number of esters is 1. The summed E-state index contributed by atoms with van der Waals surface area (Å²) in [6.07, 6.45) is 8.93. The monoisotopic (exact) mass is 438 g/mol. The minimum absolute atomic E-state index is 0.208. The van der Waals surface area contributed by atoms with Gasteiger partial charge in [-0.3, -0.25) is 4.79 Å². The molecule has 0 N–H and O–H groups in total. The van der Waals surface area contributed by atoms with Gasteiger partial charge in [0.05, 0.1) is 5.41 Å². The van der Waals surface area contributed by atoms with E-state index in [0.717, 1.165) is 22.8 Å². The van der Waals surface area contributed by atoms with Gasteiger partial charge in [0.2, 0.25) is 0 Å². The number of carbonyl (C=O) groups is 1. The second-order valence-electron chi connectivity index (χ2n) is 10.8. The molecule has 0 unspecified atom stereocenters. The number of carbonyl (C=O) groups excluding carboxylic acids is 1. The lowest BCUT2D eigenvalue weighted by atomic mass is 9.88. The van der Waals surface area contributed by atoms with Gasteiger partial charge < -0.3 is 9.47 Å². The fourth-order valence-corrected chi connectivity index (χ4v) is 3.64. The zero-order valence-corrected chi connectivity index (χ0v) is 21.2. The fourth-order valence-electron chi connectivity index (χ4n) is 3.64. The minimum Gasteiger partial charge on any atom is -0.488 e. The molecule has 0 aliphatic heterocycles. The summed E-state index contributed by atoms with van der Waals surface area (Å²) in [5, 5.41) is 0. The summed E-state index contributed by atoms with van der Waals surface area (Å²) >= 11 is 0. The van der Waals surface area contributed by atoms with E-state index in [4.69, 9.17) is 9.47 Å². The van der Waals surface area contributed by atoms with Crippen LogP contribution in [0.15, 0.2) is 48.5 Å². The van der Waals surface area contributed by atoms with Crippen molar-refractivity contribution in [2.24, 2.45) is 11.3 Å². The number of hydrogen-bond donors (Lipinski definition) is 0. The first-order valence-corrected chi connectivity index (χ1v) is 12.1. The Bertz CT molecular complexity index is 815. The van der Waals surface area contributed by atoms with Gasteiger partial charge in [0.15, 0.2) is 0 Å². The van der Waals surface area contributed by atoms with Crippen molar-refractivity contribution in [3.8, 4) is 22.6 Å². The van der Waals surface area contributed by atoms with Crippen LogP contribution in [-0.2, 0) is 4.79 Å². The lowest BCUT2D eigenvalue weighted by molar-refractivity contribution is -0.142. The molecule has 176 valence electrons. The maximum absolute atomic E-state index is 11.9. The van der Waals surface area contributed by atoms with Crippen molar-refractivity contribution in [1.29, 1.82) is 0 Å². The summed E-state index contributed by atoms with van der Waals surface area (Å²) in [5.41, 5.74) is 1.43. The Morgan fingerprint density at radius 3 is 1.62 bits per heavy atom. The normalized spacial score (nSPS) is 14.8. The summed E-state index contributed by atoms with van der Waals surface area (Å²) in [6.45, 7) is 13.9. The summed E-state index contributed by atoms with van der Waals surface area (Å²) in [7, 11) is 0. The molecule has 0 atom stereocenters. The van der Waals surface area contributed by atoms with E-state index in [9.17, 15) is 4.79 Å². The Balaban J connectivity index is 0.000000380. The van der Waals surface area contributed by atoms with E-state index in [1.807, 2.05) is 90.1 Å². The molecule has 1 saturated carbocycles. The van der Waals surface area contributed by atoms with Gasteiger partial charge >= 0.3 is 5.97 Å². The zero-order valence-electron chi connectivity index (χ0n) is 21.2. The number of hydrogen-bond acceptors (Lipinski definition) is 3. The van der Waals surface area contributed by atoms with Crippen LogP contribution in [0.5, 0.6) is 11.5 Å². The van der Waals surface area contributed by atoms with Gasteiger partial charge in [0.1, 0.15) is 17.1 Å². The standard InChI is InChI=1S/C21H26O3.C8H16/c1-20(2,3)19(22)23-17-11-7-15(8-12-17)16-9-13-18(14-10-16)24-21(4,5)6;1-2-8-6-4-3-5-7-8/h7-14H,1-6H3;8H,2-7H2,1H3. The quantitative estimate of drug-likeness (QED) is 0.355. The van der Waals surface area contributed by atoms with Crippen molar-refractivity contribution in [2.75, 3.05) is 0 Å². The van der Waals surface area contributed by atoms with Crippen LogP contribution in [0.3, 0.4) is 0 Å². The molecule has 0 bridgehead atoms. The van der Waals surface area contributed by atoms with E-state index < -0.39 is 5.41 Å². The first kappa shape index (κ1) is 26.0. The summed E-state index contributed by atoms with van der Waals surface area (Å²) in [5.74, 6) is 2.26. The predicted molar refractivity (Wildman–Crippen MR) is 134 cm³/mol. The Labute approximate surface area is 195 Å². The minimum atomic E-state index is -0.512. The molecule has 0 aromatic heterocycles. The third-order valence-corrected chi connectivity index (χ3v) is 5.59. The molecule has 1 aliphatic carbocycles. The third-order valence-electron chi connectivity index (χ3n) is 5.59. The predicted octanol–water partition coefficient (Wildman–Crippen LogP) is 8.46. The Kier molecular flexibility index (Phi) is 9.36. The maximum atomic E-state index is 11.9. The average Bonchev–Trinajstić information content (AvgIpc) is 2.74. The molecule has 0 heterocycles. The van der Waals surface area contributed by atoms with Crippen molar-refractivity contribution >= 4 is 5.97 Å². The van der Waals surface area contributed by atoms with Gasteiger partial charge in [-0.2, -0.15) is 0 Å². The van der Waals surface area contributed by atoms with E-state index in [1.54, 1.807) is 0 Å². The first-order chi connectivity index (χ1) is 15.0. The SMILES string of the molecule is CC(C)(C)Oc1ccc(-c2ccc(OC(=O)C(C)(C)C)cc2)cc1.CCC1CCCCC1. The second-order valence-corrected chi connectivity index (χ2v) is 10.8. The number of benzene rings is 2. The van der Waals surface area contributed by atoms with Gasteiger partial charge in [-0.1, -0.05) is 69.7 Å². The molecule has 32 heavy (non-hydrogen) atoms. The molecule has 0 spiro atoms. The molecular weight excluding hydrogens is 396 g/mol. The smallest absolute Gasteiger partial charge is 0.316 e. The van der Waals surface area contributed by atoms with Gasteiger partial charge in [-0.05, 0) is 82.9 Å². The fraction of sp³-hybridized carbons (Fsp3) is 0.552. The summed E-state index contributed by atoms with van der Waals surface area (Å²) in [6, 6.07) is 15.5. The van der Waals surface area contributed by atoms with E-state index >= 15 is 0 Å². The van der Waals surface area contributed by atoms with Crippen molar-refractivity contribution in [1.82, 2.24) is 0 Å². The van der Waals surface area contributed by atoms with Crippen LogP contribution in [-0.4, -0.2) is 11.6 Å². The van der Waals surface area contributed by atoms with Gasteiger partial charge in [0, 0.05) is 0 Å². The molecule has 3 rings (SSSR count). The lowest BCUT2D eigenvalue weighted by Gasteiger charge is -2.21. The molecule has 1 fully saturated rings. The third kappa shape index (κ3) is 9.06. The number of rotatable bonds is 4. The van der Waals surface area contributed by atoms with Gasteiger partial charge in [-0.15, -0.1) is 0 Å². The van der Waals surface area contributed by atoms with E-state index in [-0.39, 0.29) is 11.6 Å². The van der Waals surface area contributed by atoms with Crippen molar-refractivity contribution in [3.05, 3.63) is 48.5 Å². The van der Waals surface area contributed by atoms with Crippen molar-refractivity contribution in [2.45, 2.75) is 92.6 Å². The molecule has 2 aromatic carbocycles. The van der Waals surface area contributed by atoms with E-state index in [0.29, 0.717) is 5.75 Å². The van der Waals surface area contributed by atoms with Crippen molar-refractivity contribution in [3.63, 3.8) is 0 Å². The molecule has 3 nitrogen and oxygen atoms in total. The van der Waals surface area contributed by atoms with Crippen LogP contribution in [0.4, 0.5) is 0 Å². The molecule has 0 amide bonds. The highest BCUT2D eigenvalue weighted by Crippen LogP contribution is 2.27. The molecule has 1 aliphatic rings. The zero-order chi connectivity index (χ0) is 23.8. The maximum Gasteiger partial charge on any atom is 0.316 e. The molecule has 2 aromatic rings. The molecule has 3 heteroatoms. The Morgan fingerprint density at radius 1 is 0.781 bits per heavy atom. The van der Waals surface area contributed by atoms with Gasteiger partial charge in [0.25, 0.3) is 0 Å². The van der Waals surface area contributed by atoms with E-state index in [1.165, 1.54) is 38.5 Å². The highest BCUT2D eigenvalue weighted by Gasteiger charge is 2.23. The largest absolute Gasteiger partial charge is 0.488 e. The molecule has 0 saturated heterocycles. The van der Waals surface area contributed by atoms with Crippen LogP contribution in [0, 0.1) is 11.3 Å². The highest BCUT2D eigenvalue weighted by molar-refractivity contribution is 5.78. The average molecular weight is 439 g/mol.